The van der Waals surface area contributed by atoms with E-state index in [9.17, 15) is 4.79 Å². The lowest BCUT2D eigenvalue weighted by Gasteiger charge is -2.04. The molecule has 2 heterocycles. The molecule has 0 saturated carbocycles. The van der Waals surface area contributed by atoms with Crippen molar-refractivity contribution in [3.8, 4) is 11.5 Å². The monoisotopic (exact) mass is 455 g/mol. The summed E-state index contributed by atoms with van der Waals surface area (Å²) >= 11 is 7.44. The zero-order valence-corrected chi connectivity index (χ0v) is 18.1. The maximum atomic E-state index is 12.1. The fraction of sp³-hybridized carbons (Fsp3) is 0.190. The third kappa shape index (κ3) is 5.71. The van der Waals surface area contributed by atoms with Crippen molar-refractivity contribution in [2.75, 3.05) is 5.32 Å². The van der Waals surface area contributed by atoms with Crippen molar-refractivity contribution in [2.24, 2.45) is 0 Å². The van der Waals surface area contributed by atoms with Gasteiger partial charge in [-0.25, -0.2) is 0 Å². The van der Waals surface area contributed by atoms with Gasteiger partial charge in [-0.3, -0.25) is 4.79 Å². The summed E-state index contributed by atoms with van der Waals surface area (Å²) < 4.78 is 10.9. The number of hydrogen-bond acceptors (Lipinski definition) is 8. The van der Waals surface area contributed by atoms with Crippen LogP contribution in [0.1, 0.15) is 23.7 Å². The molecule has 10 heteroatoms. The molecule has 0 saturated heterocycles. The van der Waals surface area contributed by atoms with Crippen LogP contribution in [0.3, 0.4) is 0 Å². The molecule has 158 valence electrons. The summed E-state index contributed by atoms with van der Waals surface area (Å²) in [6.45, 7) is 1.99. The number of aromatic nitrogens is 4. The van der Waals surface area contributed by atoms with Crippen molar-refractivity contribution in [2.45, 2.75) is 30.7 Å². The maximum absolute atomic E-state index is 12.1. The second-order valence-electron chi connectivity index (χ2n) is 6.66. The Morgan fingerprint density at radius 3 is 2.74 bits per heavy atom. The summed E-state index contributed by atoms with van der Waals surface area (Å²) in [5.41, 5.74) is 2.57. The molecule has 0 radical (unpaired) electrons. The van der Waals surface area contributed by atoms with E-state index >= 15 is 0 Å². The van der Waals surface area contributed by atoms with E-state index in [1.54, 1.807) is 6.07 Å². The number of aryl methyl sites for hydroxylation is 2. The van der Waals surface area contributed by atoms with Crippen LogP contribution >= 0.6 is 23.4 Å². The predicted molar refractivity (Wildman–Crippen MR) is 117 cm³/mol. The smallest absolute Gasteiger partial charge is 0.277 e. The Morgan fingerprint density at radius 1 is 1.13 bits per heavy atom. The van der Waals surface area contributed by atoms with Gasteiger partial charge in [-0.15, -0.1) is 10.2 Å². The summed E-state index contributed by atoms with van der Waals surface area (Å²) in [7, 11) is 0. The van der Waals surface area contributed by atoms with Crippen LogP contribution in [0.5, 0.6) is 0 Å². The standard InChI is InChI=1S/C21H18ClN5O3S/c1-13-6-8-14(9-7-13)23-18(28)10-11-19-24-17(27-30-19)12-31-21-26-25-20(29-21)15-4-2-3-5-16(15)22/h2-9H,10-12H2,1H3,(H,23,28). The minimum atomic E-state index is -0.115. The van der Waals surface area contributed by atoms with Gasteiger partial charge >= 0.3 is 0 Å². The number of carbonyl (C=O) groups is 1. The van der Waals surface area contributed by atoms with Gasteiger partial charge in [0.2, 0.25) is 17.7 Å². The van der Waals surface area contributed by atoms with E-state index < -0.39 is 0 Å². The van der Waals surface area contributed by atoms with Crippen LogP contribution in [0.25, 0.3) is 11.5 Å². The molecule has 8 nitrogen and oxygen atoms in total. The number of nitrogens with zero attached hydrogens (tertiary/aromatic N) is 4. The van der Waals surface area contributed by atoms with Gasteiger partial charge in [0.1, 0.15) is 0 Å². The highest BCUT2D eigenvalue weighted by Crippen LogP contribution is 2.29. The van der Waals surface area contributed by atoms with Crippen LogP contribution in [0.2, 0.25) is 5.02 Å². The van der Waals surface area contributed by atoms with Crippen molar-refractivity contribution in [1.29, 1.82) is 0 Å². The minimum absolute atomic E-state index is 0.115. The highest BCUT2D eigenvalue weighted by molar-refractivity contribution is 7.98. The number of thioether (sulfide) groups is 1. The number of hydrogen-bond donors (Lipinski definition) is 1. The molecule has 4 aromatic rings. The summed E-state index contributed by atoms with van der Waals surface area (Å²) in [5.74, 6) is 1.51. The molecule has 0 aliphatic carbocycles. The van der Waals surface area contributed by atoms with Crippen LogP contribution in [0.15, 0.2) is 62.7 Å². The van der Waals surface area contributed by atoms with E-state index in [4.69, 9.17) is 20.5 Å². The average Bonchev–Trinajstić information content (AvgIpc) is 3.42. The summed E-state index contributed by atoms with van der Waals surface area (Å²) in [6, 6.07) is 14.9. The third-order valence-corrected chi connectivity index (χ3v) is 5.39. The van der Waals surface area contributed by atoms with Gasteiger partial charge < -0.3 is 14.3 Å². The molecule has 2 aromatic carbocycles. The van der Waals surface area contributed by atoms with E-state index in [1.807, 2.05) is 49.4 Å². The van der Waals surface area contributed by atoms with Crippen molar-refractivity contribution in [3.05, 3.63) is 70.8 Å². The molecule has 1 amide bonds. The highest BCUT2D eigenvalue weighted by atomic mass is 35.5. The van der Waals surface area contributed by atoms with E-state index in [1.165, 1.54) is 11.8 Å². The van der Waals surface area contributed by atoms with Crippen LogP contribution in [0.4, 0.5) is 5.69 Å². The lowest BCUT2D eigenvalue weighted by Crippen LogP contribution is -2.12. The molecular weight excluding hydrogens is 438 g/mol. The van der Waals surface area contributed by atoms with Crippen LogP contribution in [-0.4, -0.2) is 26.2 Å². The second-order valence-corrected chi connectivity index (χ2v) is 7.99. The Labute approximate surface area is 187 Å². The molecule has 0 bridgehead atoms. The minimum Gasteiger partial charge on any atom is -0.411 e. The Kier molecular flexibility index (Phi) is 6.63. The number of halogens is 1. The topological polar surface area (TPSA) is 107 Å². The molecule has 31 heavy (non-hydrogen) atoms. The normalized spacial score (nSPS) is 10.9. The Hall–Kier alpha value is -3.17. The summed E-state index contributed by atoms with van der Waals surface area (Å²) in [5, 5.41) is 15.7. The van der Waals surface area contributed by atoms with Gasteiger partial charge in [0, 0.05) is 18.5 Å². The number of rotatable bonds is 8. The first-order valence-corrected chi connectivity index (χ1v) is 10.8. The van der Waals surface area contributed by atoms with Crippen LogP contribution in [0, 0.1) is 6.92 Å². The van der Waals surface area contributed by atoms with Crippen LogP contribution in [-0.2, 0) is 17.0 Å². The molecule has 0 aliphatic rings. The lowest BCUT2D eigenvalue weighted by molar-refractivity contribution is -0.116. The first kappa shape index (κ1) is 21.1. The molecule has 0 spiro atoms. The van der Waals surface area contributed by atoms with Gasteiger partial charge in [-0.2, -0.15) is 4.98 Å². The zero-order chi connectivity index (χ0) is 21.6. The van der Waals surface area contributed by atoms with Gasteiger partial charge in [0.05, 0.1) is 16.3 Å². The Morgan fingerprint density at radius 2 is 1.94 bits per heavy atom. The maximum Gasteiger partial charge on any atom is 0.277 e. The van der Waals surface area contributed by atoms with Crippen molar-refractivity contribution >= 4 is 35.0 Å². The molecular formula is C21H18ClN5O3S. The third-order valence-electron chi connectivity index (χ3n) is 4.25. The quantitative estimate of drug-likeness (QED) is 0.372. The first-order valence-electron chi connectivity index (χ1n) is 9.46. The van der Waals surface area contributed by atoms with Gasteiger partial charge in [0.25, 0.3) is 5.22 Å². The molecule has 0 atom stereocenters. The predicted octanol–water partition coefficient (Wildman–Crippen LogP) is 4.95. The highest BCUT2D eigenvalue weighted by Gasteiger charge is 2.14. The van der Waals surface area contributed by atoms with Crippen molar-refractivity contribution in [1.82, 2.24) is 20.3 Å². The molecule has 0 aliphatic heterocycles. The molecule has 1 N–H and O–H groups in total. The van der Waals surface area contributed by atoms with Crippen LogP contribution < -0.4 is 5.32 Å². The fourth-order valence-electron chi connectivity index (χ4n) is 2.67. The number of carbonyl (C=O) groups excluding carboxylic acids is 1. The average molecular weight is 456 g/mol. The molecule has 2 aromatic heterocycles. The van der Waals surface area contributed by atoms with E-state index in [2.05, 4.69) is 25.7 Å². The fourth-order valence-corrected chi connectivity index (χ4v) is 3.49. The number of benzene rings is 2. The number of nitrogens with one attached hydrogen (secondary N) is 1. The van der Waals surface area contributed by atoms with Gasteiger partial charge in [0.15, 0.2) is 5.82 Å². The number of amides is 1. The Bertz CT molecular complexity index is 1180. The molecule has 4 rings (SSSR count). The SMILES string of the molecule is Cc1ccc(NC(=O)CCc2nc(CSc3nnc(-c4ccccc4Cl)o3)no2)cc1. The van der Waals surface area contributed by atoms with E-state index in [-0.39, 0.29) is 12.3 Å². The van der Waals surface area contributed by atoms with E-state index in [0.717, 1.165) is 11.3 Å². The summed E-state index contributed by atoms with van der Waals surface area (Å²) in [4.78, 5) is 16.4. The lowest BCUT2D eigenvalue weighted by atomic mass is 10.2. The second kappa shape index (κ2) is 9.76. The van der Waals surface area contributed by atoms with Gasteiger partial charge in [-0.05, 0) is 31.2 Å². The largest absolute Gasteiger partial charge is 0.411 e. The summed E-state index contributed by atoms with van der Waals surface area (Å²) in [6.07, 6.45) is 0.597. The molecule has 0 fully saturated rings. The van der Waals surface area contributed by atoms with Crippen molar-refractivity contribution < 1.29 is 13.7 Å². The number of anilines is 1. The van der Waals surface area contributed by atoms with E-state index in [0.29, 0.717) is 45.6 Å². The zero-order valence-electron chi connectivity index (χ0n) is 16.5. The first-order chi connectivity index (χ1) is 15.1. The Balaban J connectivity index is 1.26. The van der Waals surface area contributed by atoms with Crippen molar-refractivity contribution in [3.63, 3.8) is 0 Å². The molecule has 0 unspecified atom stereocenters. The van der Waals surface area contributed by atoms with Gasteiger partial charge in [-0.1, -0.05) is 58.3 Å².